The molecule has 0 saturated carbocycles. The molecule has 0 spiro atoms. The predicted molar refractivity (Wildman–Crippen MR) is 23.6 cm³/mol. The van der Waals surface area contributed by atoms with Crippen molar-refractivity contribution in [2.75, 3.05) is 19.8 Å². The van der Waals surface area contributed by atoms with Crippen LogP contribution in [0.15, 0.2) is 0 Å². The molecule has 3 N–H and O–H groups in total. The molecule has 3 heteroatoms. The first-order valence-corrected chi connectivity index (χ1v) is 2.49. The highest BCUT2D eigenvalue weighted by Crippen LogP contribution is 1.77. The molecular weight excluding hydrogens is 94.0 g/mol. The molecule has 1 saturated heterocycles. The van der Waals surface area contributed by atoms with Crippen LogP contribution in [-0.4, -0.2) is 31.1 Å². The number of hydrogen-bond acceptors (Lipinski definition) is 2. The highest BCUT2D eigenvalue weighted by molar-refractivity contribution is 4.37. The summed E-state index contributed by atoms with van der Waals surface area (Å²) < 4.78 is 4.90. The molecule has 1 atom stereocenters. The molecular formula is C4H10NO2+. The van der Waals surface area contributed by atoms with Crippen LogP contribution in [0.1, 0.15) is 0 Å². The fourth-order valence-electron chi connectivity index (χ4n) is 0.616. The van der Waals surface area contributed by atoms with Gasteiger partial charge >= 0.3 is 0 Å². The molecule has 42 valence electrons. The minimum Gasteiger partial charge on any atom is -0.367 e. The molecule has 1 unspecified atom stereocenters. The van der Waals surface area contributed by atoms with Gasteiger partial charge in [-0.2, -0.15) is 0 Å². The van der Waals surface area contributed by atoms with Crippen LogP contribution in [0.3, 0.4) is 0 Å². The van der Waals surface area contributed by atoms with E-state index in [2.05, 4.69) is 0 Å². The van der Waals surface area contributed by atoms with Gasteiger partial charge in [0.15, 0.2) is 0 Å². The first-order valence-electron chi connectivity index (χ1n) is 2.49. The lowest BCUT2D eigenvalue weighted by atomic mass is 10.5. The Morgan fingerprint density at radius 3 is 2.86 bits per heavy atom. The Morgan fingerprint density at radius 1 is 1.71 bits per heavy atom. The third-order valence-corrected chi connectivity index (χ3v) is 0.990. The van der Waals surface area contributed by atoms with Crippen molar-refractivity contribution in [3.05, 3.63) is 0 Å². The topological polar surface area (TPSA) is 46.1 Å². The van der Waals surface area contributed by atoms with Crippen molar-refractivity contribution in [2.45, 2.75) is 6.23 Å². The average molecular weight is 104 g/mol. The Kier molecular flexibility index (Phi) is 1.62. The van der Waals surface area contributed by atoms with Crippen LogP contribution in [0.5, 0.6) is 0 Å². The summed E-state index contributed by atoms with van der Waals surface area (Å²) in [5.41, 5.74) is 0. The maximum absolute atomic E-state index is 8.73. The maximum atomic E-state index is 8.73. The van der Waals surface area contributed by atoms with E-state index in [1.807, 2.05) is 5.32 Å². The summed E-state index contributed by atoms with van der Waals surface area (Å²) in [6.07, 6.45) is -0.311. The summed E-state index contributed by atoms with van der Waals surface area (Å²) in [6.45, 7) is 2.15. The third-order valence-electron chi connectivity index (χ3n) is 0.990. The molecule has 0 radical (unpaired) electrons. The lowest BCUT2D eigenvalue weighted by Gasteiger charge is -2.14. The zero-order valence-electron chi connectivity index (χ0n) is 4.13. The minimum absolute atomic E-state index is 0.311. The smallest absolute Gasteiger partial charge is 0.211 e. The maximum Gasteiger partial charge on any atom is 0.211 e. The second-order valence-electron chi connectivity index (χ2n) is 1.67. The SMILES string of the molecule is OC1COCC[NH2+]1. The van der Waals surface area contributed by atoms with Crippen molar-refractivity contribution in [3.8, 4) is 0 Å². The number of quaternary nitrogens is 1. The van der Waals surface area contributed by atoms with Crippen molar-refractivity contribution in [3.63, 3.8) is 0 Å². The van der Waals surface area contributed by atoms with Gasteiger partial charge in [0.2, 0.25) is 6.23 Å². The van der Waals surface area contributed by atoms with Crippen LogP contribution < -0.4 is 5.32 Å². The lowest BCUT2D eigenvalue weighted by molar-refractivity contribution is -0.738. The van der Waals surface area contributed by atoms with E-state index < -0.39 is 0 Å². The molecule has 1 fully saturated rings. The van der Waals surface area contributed by atoms with Gasteiger partial charge in [0.25, 0.3) is 0 Å². The van der Waals surface area contributed by atoms with Gasteiger partial charge in [-0.25, -0.2) is 0 Å². The monoisotopic (exact) mass is 104 g/mol. The molecule has 3 nitrogen and oxygen atoms in total. The molecule has 1 heterocycles. The Hall–Kier alpha value is -0.120. The molecule has 1 aliphatic rings. The second kappa shape index (κ2) is 2.26. The van der Waals surface area contributed by atoms with E-state index in [4.69, 9.17) is 9.84 Å². The van der Waals surface area contributed by atoms with Crippen molar-refractivity contribution in [1.82, 2.24) is 0 Å². The molecule has 0 bridgehead atoms. The van der Waals surface area contributed by atoms with E-state index >= 15 is 0 Å². The van der Waals surface area contributed by atoms with Crippen LogP contribution in [0.2, 0.25) is 0 Å². The number of rotatable bonds is 0. The van der Waals surface area contributed by atoms with E-state index in [0.29, 0.717) is 6.61 Å². The molecule has 0 amide bonds. The molecule has 1 aliphatic heterocycles. The van der Waals surface area contributed by atoms with Crippen molar-refractivity contribution in [1.29, 1.82) is 0 Å². The minimum atomic E-state index is -0.311. The molecule has 0 aliphatic carbocycles. The normalized spacial score (nSPS) is 33.0. The van der Waals surface area contributed by atoms with Crippen LogP contribution >= 0.6 is 0 Å². The molecule has 0 aromatic rings. The number of nitrogens with two attached hydrogens (primary N) is 1. The number of ether oxygens (including phenoxy) is 1. The molecule has 1 rings (SSSR count). The number of aliphatic hydroxyl groups excluding tert-OH is 1. The van der Waals surface area contributed by atoms with E-state index in [-0.39, 0.29) is 6.23 Å². The Labute approximate surface area is 42.3 Å². The van der Waals surface area contributed by atoms with Crippen molar-refractivity contribution >= 4 is 0 Å². The standard InChI is InChI=1S/C4H9NO2/c6-4-3-7-2-1-5-4/h4-6H,1-3H2/p+1. The van der Waals surface area contributed by atoms with Gasteiger partial charge in [-0.3, -0.25) is 0 Å². The Balaban J connectivity index is 2.12. The molecule has 0 aromatic carbocycles. The van der Waals surface area contributed by atoms with E-state index in [9.17, 15) is 0 Å². The van der Waals surface area contributed by atoms with Gasteiger partial charge < -0.3 is 15.2 Å². The summed E-state index contributed by atoms with van der Waals surface area (Å²) in [5.74, 6) is 0. The van der Waals surface area contributed by atoms with Gasteiger partial charge in [0.1, 0.15) is 13.2 Å². The average Bonchev–Trinajstić information content (AvgIpc) is 1.69. The van der Waals surface area contributed by atoms with Crippen LogP contribution in [0.25, 0.3) is 0 Å². The van der Waals surface area contributed by atoms with Gasteiger partial charge in [0, 0.05) is 0 Å². The summed E-state index contributed by atoms with van der Waals surface area (Å²) >= 11 is 0. The van der Waals surface area contributed by atoms with Gasteiger partial charge in [-0.1, -0.05) is 0 Å². The lowest BCUT2D eigenvalue weighted by Crippen LogP contribution is -2.93. The summed E-state index contributed by atoms with van der Waals surface area (Å²) in [5, 5.41) is 10.6. The highest BCUT2D eigenvalue weighted by atomic mass is 16.5. The van der Waals surface area contributed by atoms with E-state index in [1.54, 1.807) is 0 Å². The van der Waals surface area contributed by atoms with Gasteiger partial charge in [-0.05, 0) is 0 Å². The second-order valence-corrected chi connectivity index (χ2v) is 1.67. The van der Waals surface area contributed by atoms with E-state index in [0.717, 1.165) is 13.2 Å². The zero-order chi connectivity index (χ0) is 5.11. The van der Waals surface area contributed by atoms with Gasteiger partial charge in [0.05, 0.1) is 6.61 Å². The van der Waals surface area contributed by atoms with Crippen LogP contribution in [0.4, 0.5) is 0 Å². The molecule has 7 heavy (non-hydrogen) atoms. The predicted octanol–water partition coefficient (Wildman–Crippen LogP) is -2.10. The number of hydrogen-bond donors (Lipinski definition) is 2. The third kappa shape index (κ3) is 1.43. The van der Waals surface area contributed by atoms with Crippen LogP contribution in [-0.2, 0) is 4.74 Å². The number of morpholine rings is 1. The van der Waals surface area contributed by atoms with Crippen LogP contribution in [0, 0.1) is 0 Å². The molecule has 0 aromatic heterocycles. The first-order chi connectivity index (χ1) is 3.39. The summed E-state index contributed by atoms with van der Waals surface area (Å²) in [7, 11) is 0. The van der Waals surface area contributed by atoms with Gasteiger partial charge in [-0.15, -0.1) is 0 Å². The fraction of sp³-hybridized carbons (Fsp3) is 1.00. The fourth-order valence-corrected chi connectivity index (χ4v) is 0.616. The summed E-state index contributed by atoms with van der Waals surface area (Å²) in [6, 6.07) is 0. The number of aliphatic hydroxyl groups is 1. The highest BCUT2D eigenvalue weighted by Gasteiger charge is 2.10. The summed E-state index contributed by atoms with van der Waals surface area (Å²) in [4.78, 5) is 0. The quantitative estimate of drug-likeness (QED) is 0.370. The van der Waals surface area contributed by atoms with E-state index in [1.165, 1.54) is 0 Å². The largest absolute Gasteiger partial charge is 0.367 e. The van der Waals surface area contributed by atoms with Crippen molar-refractivity contribution < 1.29 is 15.2 Å². The first kappa shape index (κ1) is 5.03. The zero-order valence-corrected chi connectivity index (χ0v) is 4.13. The Bertz CT molecular complexity index is 51.7. The van der Waals surface area contributed by atoms with Crippen molar-refractivity contribution in [2.24, 2.45) is 0 Å². The Morgan fingerprint density at radius 2 is 2.57 bits per heavy atom.